The molecular weight excluding hydrogens is 240 g/mol. The van der Waals surface area contributed by atoms with E-state index in [1.807, 2.05) is 13.8 Å². The Hall–Kier alpha value is -0.170. The van der Waals surface area contributed by atoms with Crippen molar-refractivity contribution in [3.8, 4) is 0 Å². The van der Waals surface area contributed by atoms with Crippen LogP contribution in [0.4, 0.5) is 0 Å². The number of nitrogens with zero attached hydrogens (tertiary/aromatic N) is 1. The molecule has 0 amide bonds. The highest BCUT2D eigenvalue weighted by Gasteiger charge is 2.27. The van der Waals surface area contributed by atoms with Gasteiger partial charge in [0.1, 0.15) is 0 Å². The predicted molar refractivity (Wildman–Crippen MR) is 68.2 cm³/mol. The SMILES string of the molecule is CC(C)OCCS(=O)(=O)N1CCC(CN)CC1. The van der Waals surface area contributed by atoms with E-state index in [4.69, 9.17) is 10.5 Å². The molecule has 6 heteroatoms. The van der Waals surface area contributed by atoms with E-state index < -0.39 is 10.0 Å². The van der Waals surface area contributed by atoms with Crippen molar-refractivity contribution in [2.75, 3.05) is 32.0 Å². The van der Waals surface area contributed by atoms with E-state index >= 15 is 0 Å². The van der Waals surface area contributed by atoms with E-state index in [1.165, 1.54) is 0 Å². The molecule has 5 nitrogen and oxygen atoms in total. The molecule has 0 radical (unpaired) electrons. The van der Waals surface area contributed by atoms with E-state index in [0.717, 1.165) is 12.8 Å². The van der Waals surface area contributed by atoms with Crippen molar-refractivity contribution < 1.29 is 13.2 Å². The largest absolute Gasteiger partial charge is 0.378 e. The molecule has 1 fully saturated rings. The smallest absolute Gasteiger partial charge is 0.216 e. The summed E-state index contributed by atoms with van der Waals surface area (Å²) >= 11 is 0. The second-order valence-electron chi connectivity index (χ2n) is 4.81. The molecule has 1 heterocycles. The van der Waals surface area contributed by atoms with Crippen LogP contribution in [0.3, 0.4) is 0 Å². The molecule has 1 aliphatic heterocycles. The van der Waals surface area contributed by atoms with Gasteiger partial charge in [-0.3, -0.25) is 0 Å². The van der Waals surface area contributed by atoms with Crippen LogP contribution >= 0.6 is 0 Å². The van der Waals surface area contributed by atoms with Gasteiger partial charge in [-0.1, -0.05) is 0 Å². The average molecular weight is 264 g/mol. The van der Waals surface area contributed by atoms with Crippen LogP contribution in [0.1, 0.15) is 26.7 Å². The van der Waals surface area contributed by atoms with Crippen LogP contribution < -0.4 is 5.73 Å². The van der Waals surface area contributed by atoms with Gasteiger partial charge in [0.2, 0.25) is 10.0 Å². The minimum absolute atomic E-state index is 0.0770. The van der Waals surface area contributed by atoms with E-state index in [1.54, 1.807) is 4.31 Å². The third kappa shape index (κ3) is 4.91. The standard InChI is InChI=1S/C11H24N2O3S/c1-10(2)16-7-8-17(14,15)13-5-3-11(9-12)4-6-13/h10-11H,3-9,12H2,1-2H3. The molecule has 0 saturated carbocycles. The maximum absolute atomic E-state index is 12.0. The molecule has 0 aromatic carbocycles. The van der Waals surface area contributed by atoms with Crippen molar-refractivity contribution in [1.82, 2.24) is 4.31 Å². The minimum Gasteiger partial charge on any atom is -0.378 e. The van der Waals surface area contributed by atoms with E-state index in [-0.39, 0.29) is 18.5 Å². The lowest BCUT2D eigenvalue weighted by atomic mass is 9.99. The van der Waals surface area contributed by atoms with Crippen molar-refractivity contribution in [2.45, 2.75) is 32.8 Å². The summed E-state index contributed by atoms with van der Waals surface area (Å²) in [5.41, 5.74) is 5.58. The highest BCUT2D eigenvalue weighted by Crippen LogP contribution is 2.18. The Morgan fingerprint density at radius 3 is 2.41 bits per heavy atom. The third-order valence-electron chi connectivity index (χ3n) is 3.09. The normalized spacial score (nSPS) is 20.0. The van der Waals surface area contributed by atoms with Crippen LogP contribution in [0.25, 0.3) is 0 Å². The number of hydrogen-bond donors (Lipinski definition) is 1. The summed E-state index contributed by atoms with van der Waals surface area (Å²) in [7, 11) is -3.14. The number of rotatable bonds is 6. The molecule has 1 rings (SSSR count). The number of hydrogen-bond acceptors (Lipinski definition) is 4. The zero-order chi connectivity index (χ0) is 12.9. The van der Waals surface area contributed by atoms with Crippen molar-refractivity contribution in [1.29, 1.82) is 0 Å². The molecule has 17 heavy (non-hydrogen) atoms. The molecular formula is C11H24N2O3S. The van der Waals surface area contributed by atoms with Crippen LogP contribution in [0.5, 0.6) is 0 Å². The first kappa shape index (κ1) is 14.9. The Kier molecular flexibility index (Phi) is 5.85. The number of sulfonamides is 1. The lowest BCUT2D eigenvalue weighted by molar-refractivity contribution is 0.0905. The maximum atomic E-state index is 12.0. The van der Waals surface area contributed by atoms with Gasteiger partial charge < -0.3 is 10.5 Å². The van der Waals surface area contributed by atoms with Gasteiger partial charge in [0.05, 0.1) is 18.5 Å². The Morgan fingerprint density at radius 1 is 1.35 bits per heavy atom. The molecule has 0 aromatic heterocycles. The van der Waals surface area contributed by atoms with Gasteiger partial charge in [0.25, 0.3) is 0 Å². The summed E-state index contributed by atoms with van der Waals surface area (Å²) < 4.78 is 30.8. The second kappa shape index (κ2) is 6.68. The Labute approximate surface area is 104 Å². The monoisotopic (exact) mass is 264 g/mol. The van der Waals surface area contributed by atoms with Crippen molar-refractivity contribution in [3.63, 3.8) is 0 Å². The van der Waals surface area contributed by atoms with Crippen LogP contribution in [0.2, 0.25) is 0 Å². The fourth-order valence-corrected chi connectivity index (χ4v) is 3.27. The highest BCUT2D eigenvalue weighted by molar-refractivity contribution is 7.89. The molecule has 102 valence electrons. The summed E-state index contributed by atoms with van der Waals surface area (Å²) in [6.07, 6.45) is 1.83. The Morgan fingerprint density at radius 2 is 1.94 bits per heavy atom. The van der Waals surface area contributed by atoms with Crippen molar-refractivity contribution >= 4 is 10.0 Å². The van der Waals surface area contributed by atoms with E-state index in [0.29, 0.717) is 25.6 Å². The van der Waals surface area contributed by atoms with E-state index in [2.05, 4.69) is 0 Å². The summed E-state index contributed by atoms with van der Waals surface area (Å²) in [5.74, 6) is 0.562. The zero-order valence-corrected chi connectivity index (χ0v) is 11.6. The molecule has 1 saturated heterocycles. The first-order chi connectivity index (χ1) is 7.95. The fourth-order valence-electron chi connectivity index (χ4n) is 1.94. The van der Waals surface area contributed by atoms with Gasteiger partial charge >= 0.3 is 0 Å². The van der Waals surface area contributed by atoms with Gasteiger partial charge in [-0.05, 0) is 39.2 Å². The quantitative estimate of drug-likeness (QED) is 0.754. The molecule has 0 aromatic rings. The molecule has 0 atom stereocenters. The summed E-state index contributed by atoms with van der Waals surface area (Å²) in [6, 6.07) is 0. The topological polar surface area (TPSA) is 72.6 Å². The molecule has 0 aliphatic carbocycles. The molecule has 0 spiro atoms. The van der Waals surface area contributed by atoms with Gasteiger partial charge in [-0.15, -0.1) is 0 Å². The highest BCUT2D eigenvalue weighted by atomic mass is 32.2. The minimum atomic E-state index is -3.14. The number of ether oxygens (including phenoxy) is 1. The lowest BCUT2D eigenvalue weighted by Gasteiger charge is -2.30. The Bertz CT molecular complexity index is 309. The van der Waals surface area contributed by atoms with Gasteiger partial charge in [-0.2, -0.15) is 0 Å². The second-order valence-corrected chi connectivity index (χ2v) is 6.90. The van der Waals surface area contributed by atoms with Crippen LogP contribution in [0.15, 0.2) is 0 Å². The first-order valence-corrected chi connectivity index (χ1v) is 7.86. The number of piperidine rings is 1. The van der Waals surface area contributed by atoms with E-state index in [9.17, 15) is 8.42 Å². The van der Waals surface area contributed by atoms with Crippen LogP contribution in [-0.4, -0.2) is 50.8 Å². The summed E-state index contributed by atoms with van der Waals surface area (Å²) in [4.78, 5) is 0. The average Bonchev–Trinajstić information content (AvgIpc) is 2.28. The van der Waals surface area contributed by atoms with Crippen LogP contribution in [-0.2, 0) is 14.8 Å². The molecule has 0 bridgehead atoms. The van der Waals surface area contributed by atoms with Crippen molar-refractivity contribution in [3.05, 3.63) is 0 Å². The number of nitrogens with two attached hydrogens (primary N) is 1. The molecule has 2 N–H and O–H groups in total. The van der Waals surface area contributed by atoms with Crippen LogP contribution in [0, 0.1) is 5.92 Å². The first-order valence-electron chi connectivity index (χ1n) is 6.25. The molecule has 1 aliphatic rings. The fraction of sp³-hybridized carbons (Fsp3) is 1.00. The Balaban J connectivity index is 2.38. The van der Waals surface area contributed by atoms with Crippen molar-refractivity contribution in [2.24, 2.45) is 11.7 Å². The van der Waals surface area contributed by atoms with Gasteiger partial charge in [0.15, 0.2) is 0 Å². The maximum Gasteiger partial charge on any atom is 0.216 e. The third-order valence-corrected chi connectivity index (χ3v) is 4.93. The summed E-state index contributed by atoms with van der Waals surface area (Å²) in [5, 5.41) is 0. The van der Waals surface area contributed by atoms with Gasteiger partial charge in [0, 0.05) is 13.1 Å². The zero-order valence-electron chi connectivity index (χ0n) is 10.8. The molecule has 0 unspecified atom stereocenters. The summed E-state index contributed by atoms with van der Waals surface area (Å²) in [6.45, 7) is 5.94. The van der Waals surface area contributed by atoms with Gasteiger partial charge in [-0.25, -0.2) is 12.7 Å². The lowest BCUT2D eigenvalue weighted by Crippen LogP contribution is -2.41. The predicted octanol–water partition coefficient (Wildman–Crippen LogP) is 0.412.